The molecule has 110 valence electrons. The van der Waals surface area contributed by atoms with Gasteiger partial charge in [0.25, 0.3) is 5.91 Å². The van der Waals surface area contributed by atoms with Crippen molar-refractivity contribution in [2.75, 3.05) is 18.8 Å². The summed E-state index contributed by atoms with van der Waals surface area (Å²) in [6.07, 6.45) is 0.583. The lowest BCUT2D eigenvalue weighted by molar-refractivity contribution is 0.0701. The molecule has 1 amide bonds. The van der Waals surface area contributed by atoms with E-state index in [1.165, 1.54) is 17.0 Å². The number of carboxylic acids is 1. The van der Waals surface area contributed by atoms with Crippen LogP contribution in [0.1, 0.15) is 25.8 Å². The van der Waals surface area contributed by atoms with E-state index in [9.17, 15) is 18.0 Å². The summed E-state index contributed by atoms with van der Waals surface area (Å²) in [6.45, 7) is 0.787. The molecule has 2 rings (SSSR count). The van der Waals surface area contributed by atoms with Crippen LogP contribution in [0.15, 0.2) is 12.1 Å². The maximum atomic E-state index is 12.2. The molecule has 1 aromatic rings. The van der Waals surface area contributed by atoms with Gasteiger partial charge >= 0.3 is 5.97 Å². The molecule has 1 atom stereocenters. The molecule has 7 nitrogen and oxygen atoms in total. The number of rotatable bonds is 4. The van der Waals surface area contributed by atoms with Crippen LogP contribution in [0, 0.1) is 5.92 Å². The van der Waals surface area contributed by atoms with Gasteiger partial charge in [0.2, 0.25) is 10.0 Å². The topological polar surface area (TPSA) is 118 Å². The number of hydrogen-bond donors (Lipinski definition) is 2. The number of primary sulfonamides is 1. The van der Waals surface area contributed by atoms with Crippen LogP contribution in [0.3, 0.4) is 0 Å². The van der Waals surface area contributed by atoms with Gasteiger partial charge in [-0.2, -0.15) is 0 Å². The Labute approximate surface area is 120 Å². The number of carboxylic acid groups (broad SMARTS) is 1. The Bertz CT molecular complexity index is 637. The lowest BCUT2D eigenvalue weighted by Crippen LogP contribution is -2.30. The number of aromatic carboxylic acids is 1. The largest absolute Gasteiger partial charge is 0.477 e. The molecule has 0 spiro atoms. The Balaban J connectivity index is 2.02. The van der Waals surface area contributed by atoms with Crippen LogP contribution < -0.4 is 5.14 Å². The maximum absolute atomic E-state index is 12.2. The Morgan fingerprint density at radius 3 is 2.60 bits per heavy atom. The molecule has 20 heavy (non-hydrogen) atoms. The van der Waals surface area contributed by atoms with Gasteiger partial charge in [0, 0.05) is 13.1 Å². The van der Waals surface area contributed by atoms with Gasteiger partial charge in [-0.15, -0.1) is 11.3 Å². The third kappa shape index (κ3) is 3.56. The summed E-state index contributed by atoms with van der Waals surface area (Å²) in [5, 5.41) is 13.8. The van der Waals surface area contributed by atoms with Crippen LogP contribution in [-0.4, -0.2) is 49.1 Å². The fourth-order valence-electron chi connectivity index (χ4n) is 2.21. The van der Waals surface area contributed by atoms with E-state index in [0.29, 0.717) is 24.4 Å². The van der Waals surface area contributed by atoms with Gasteiger partial charge in [-0.25, -0.2) is 18.4 Å². The maximum Gasteiger partial charge on any atom is 0.345 e. The zero-order valence-corrected chi connectivity index (χ0v) is 12.1. The SMILES string of the molecule is NS(=O)(=O)C[C@@H]1CCN(C(=O)c2ccc(C(=O)O)s2)C1. The molecule has 9 heteroatoms. The van der Waals surface area contributed by atoms with Crippen LogP contribution in [-0.2, 0) is 10.0 Å². The van der Waals surface area contributed by atoms with Gasteiger partial charge < -0.3 is 10.0 Å². The molecule has 0 saturated carbocycles. The van der Waals surface area contributed by atoms with Crippen LogP contribution in [0.2, 0.25) is 0 Å². The fraction of sp³-hybridized carbons (Fsp3) is 0.455. The van der Waals surface area contributed by atoms with Gasteiger partial charge in [0.05, 0.1) is 10.6 Å². The normalized spacial score (nSPS) is 19.2. The minimum atomic E-state index is -3.54. The third-order valence-electron chi connectivity index (χ3n) is 3.07. The molecule has 1 fully saturated rings. The second kappa shape index (κ2) is 5.51. The highest BCUT2D eigenvalue weighted by Crippen LogP contribution is 2.23. The van der Waals surface area contributed by atoms with Crippen molar-refractivity contribution >= 4 is 33.2 Å². The molecule has 0 bridgehead atoms. The molecule has 1 saturated heterocycles. The number of likely N-dealkylation sites (tertiary alicyclic amines) is 1. The number of nitrogens with zero attached hydrogens (tertiary/aromatic N) is 1. The van der Waals surface area contributed by atoms with Crippen molar-refractivity contribution in [2.24, 2.45) is 11.1 Å². The van der Waals surface area contributed by atoms with E-state index in [0.717, 1.165) is 11.3 Å². The van der Waals surface area contributed by atoms with E-state index in [1.54, 1.807) is 0 Å². The van der Waals surface area contributed by atoms with Crippen molar-refractivity contribution in [1.82, 2.24) is 4.90 Å². The second-order valence-corrected chi connectivity index (χ2v) is 7.45. The number of carbonyl (C=O) groups is 2. The van der Waals surface area contributed by atoms with E-state index >= 15 is 0 Å². The van der Waals surface area contributed by atoms with E-state index in [2.05, 4.69) is 0 Å². The number of amides is 1. The molecule has 1 aromatic heterocycles. The zero-order valence-electron chi connectivity index (χ0n) is 10.5. The number of carbonyl (C=O) groups excluding carboxylic acids is 1. The van der Waals surface area contributed by atoms with E-state index in [-0.39, 0.29) is 22.5 Å². The van der Waals surface area contributed by atoms with Crippen LogP contribution >= 0.6 is 11.3 Å². The summed E-state index contributed by atoms with van der Waals surface area (Å²) >= 11 is 0.917. The van der Waals surface area contributed by atoms with Crippen molar-refractivity contribution in [3.63, 3.8) is 0 Å². The monoisotopic (exact) mass is 318 g/mol. The number of sulfonamides is 1. The van der Waals surface area contributed by atoms with E-state index in [1.807, 2.05) is 0 Å². The summed E-state index contributed by atoms with van der Waals surface area (Å²) in [5.74, 6) is -1.63. The molecule has 3 N–H and O–H groups in total. The highest BCUT2D eigenvalue weighted by Gasteiger charge is 2.30. The highest BCUT2D eigenvalue weighted by molar-refractivity contribution is 7.89. The van der Waals surface area contributed by atoms with Gasteiger partial charge in [0.15, 0.2) is 0 Å². The van der Waals surface area contributed by atoms with Crippen molar-refractivity contribution in [3.05, 3.63) is 21.9 Å². The average Bonchev–Trinajstić information content (AvgIpc) is 2.93. The van der Waals surface area contributed by atoms with E-state index < -0.39 is 16.0 Å². The predicted molar refractivity (Wildman–Crippen MR) is 73.3 cm³/mol. The number of hydrogen-bond acceptors (Lipinski definition) is 5. The molecule has 0 aromatic carbocycles. The van der Waals surface area contributed by atoms with Crippen LogP contribution in [0.5, 0.6) is 0 Å². The first-order chi connectivity index (χ1) is 9.26. The number of nitrogens with two attached hydrogens (primary N) is 1. The first-order valence-electron chi connectivity index (χ1n) is 5.89. The third-order valence-corrected chi connectivity index (χ3v) is 5.07. The Morgan fingerprint density at radius 1 is 1.40 bits per heavy atom. The Morgan fingerprint density at radius 2 is 2.05 bits per heavy atom. The minimum Gasteiger partial charge on any atom is -0.477 e. The van der Waals surface area contributed by atoms with Crippen molar-refractivity contribution in [1.29, 1.82) is 0 Å². The van der Waals surface area contributed by atoms with Crippen molar-refractivity contribution < 1.29 is 23.1 Å². The molecule has 1 aliphatic heterocycles. The van der Waals surface area contributed by atoms with Crippen LogP contribution in [0.4, 0.5) is 0 Å². The molecule has 2 heterocycles. The quantitative estimate of drug-likeness (QED) is 0.822. The smallest absolute Gasteiger partial charge is 0.345 e. The molecule has 0 aliphatic carbocycles. The van der Waals surface area contributed by atoms with Gasteiger partial charge in [-0.05, 0) is 24.5 Å². The summed E-state index contributed by atoms with van der Waals surface area (Å²) < 4.78 is 22.0. The van der Waals surface area contributed by atoms with E-state index in [4.69, 9.17) is 10.2 Å². The molecule has 0 radical (unpaired) electrons. The fourth-order valence-corrected chi connectivity index (χ4v) is 3.95. The highest BCUT2D eigenvalue weighted by atomic mass is 32.2. The molecular weight excluding hydrogens is 304 g/mol. The molecule has 0 unspecified atom stereocenters. The summed E-state index contributed by atoms with van der Waals surface area (Å²) in [6, 6.07) is 2.86. The second-order valence-electron chi connectivity index (χ2n) is 4.70. The zero-order chi connectivity index (χ0) is 14.9. The van der Waals surface area contributed by atoms with Crippen LogP contribution in [0.25, 0.3) is 0 Å². The van der Waals surface area contributed by atoms with Crippen molar-refractivity contribution in [3.8, 4) is 0 Å². The Hall–Kier alpha value is -1.45. The first kappa shape index (κ1) is 14.9. The standard InChI is InChI=1S/C11H14N2O5S2/c12-20(17,18)6-7-3-4-13(5-7)10(14)8-1-2-9(19-8)11(15)16/h1-2,7H,3-6H2,(H,15,16)(H2,12,17,18)/t7-/m1/s1. The van der Waals surface area contributed by atoms with Gasteiger partial charge in [0.1, 0.15) is 4.88 Å². The lowest BCUT2D eigenvalue weighted by atomic mass is 10.2. The summed E-state index contributed by atoms with van der Waals surface area (Å²) in [4.78, 5) is 24.9. The van der Waals surface area contributed by atoms with Crippen molar-refractivity contribution in [2.45, 2.75) is 6.42 Å². The average molecular weight is 318 g/mol. The molecular formula is C11H14N2O5S2. The first-order valence-corrected chi connectivity index (χ1v) is 8.42. The molecule has 1 aliphatic rings. The van der Waals surface area contributed by atoms with Gasteiger partial charge in [-0.1, -0.05) is 0 Å². The predicted octanol–water partition coefficient (Wildman–Crippen LogP) is 0.197. The Kier molecular flexibility index (Phi) is 4.11. The summed E-state index contributed by atoms with van der Waals surface area (Å²) in [5.41, 5.74) is 0. The summed E-state index contributed by atoms with van der Waals surface area (Å²) in [7, 11) is -3.54. The van der Waals surface area contributed by atoms with Gasteiger partial charge in [-0.3, -0.25) is 4.79 Å². The number of thiophene rings is 1. The minimum absolute atomic E-state index is 0.105. The lowest BCUT2D eigenvalue weighted by Gasteiger charge is -2.15.